The second kappa shape index (κ2) is 6.13. The van der Waals surface area contributed by atoms with Gasteiger partial charge in [0.15, 0.2) is 5.78 Å². The Morgan fingerprint density at radius 1 is 1.20 bits per heavy atom. The normalized spacial score (nSPS) is 11.7. The van der Waals surface area contributed by atoms with E-state index in [2.05, 4.69) is 4.98 Å². The van der Waals surface area contributed by atoms with Crippen molar-refractivity contribution in [3.63, 3.8) is 0 Å². The minimum absolute atomic E-state index is 0.0325. The van der Waals surface area contributed by atoms with Gasteiger partial charge >= 0.3 is 0 Å². The first-order valence-electron chi connectivity index (χ1n) is 6.61. The van der Waals surface area contributed by atoms with Gasteiger partial charge < -0.3 is 0 Å². The maximum Gasteiger partial charge on any atom is 0.163 e. The van der Waals surface area contributed by atoms with Gasteiger partial charge in [-0.3, -0.25) is 9.78 Å². The van der Waals surface area contributed by atoms with E-state index in [1.54, 1.807) is 19.2 Å². The predicted molar refractivity (Wildman–Crippen MR) is 79.6 cm³/mol. The van der Waals surface area contributed by atoms with Crippen LogP contribution in [0, 0.1) is 0 Å². The molecule has 0 atom stereocenters. The molecule has 2 aromatic rings. The molecule has 106 valence electrons. The van der Waals surface area contributed by atoms with Crippen LogP contribution in [-0.4, -0.2) is 30.7 Å². The molecule has 0 aliphatic rings. The van der Waals surface area contributed by atoms with E-state index in [0.717, 1.165) is 10.9 Å². The summed E-state index contributed by atoms with van der Waals surface area (Å²) in [6.07, 6.45) is 2.22. The highest BCUT2D eigenvalue weighted by atomic mass is 32.2. The van der Waals surface area contributed by atoms with E-state index in [0.29, 0.717) is 12.0 Å². The van der Waals surface area contributed by atoms with Crippen molar-refractivity contribution in [1.29, 1.82) is 0 Å². The molecular weight excluding hydrogens is 274 g/mol. The summed E-state index contributed by atoms with van der Waals surface area (Å²) in [5.41, 5.74) is 1.39. The molecule has 1 aromatic carbocycles. The quantitative estimate of drug-likeness (QED) is 0.767. The lowest BCUT2D eigenvalue weighted by molar-refractivity contribution is 0.0983. The van der Waals surface area contributed by atoms with Crippen molar-refractivity contribution in [3.8, 4) is 0 Å². The maximum atomic E-state index is 12.2. The van der Waals surface area contributed by atoms with Crippen LogP contribution in [0.3, 0.4) is 0 Å². The number of hydrogen-bond donors (Lipinski definition) is 0. The fraction of sp³-hybridized carbons (Fsp3) is 0.333. The number of rotatable bonds is 6. The molecule has 0 saturated carbocycles. The third kappa shape index (κ3) is 3.42. The smallest absolute Gasteiger partial charge is 0.163 e. The van der Waals surface area contributed by atoms with Crippen molar-refractivity contribution in [3.05, 3.63) is 42.1 Å². The molecule has 1 heterocycles. The van der Waals surface area contributed by atoms with Gasteiger partial charge in [-0.05, 0) is 18.6 Å². The van der Waals surface area contributed by atoms with Gasteiger partial charge in [-0.2, -0.15) is 0 Å². The highest BCUT2D eigenvalue weighted by molar-refractivity contribution is 7.91. The minimum atomic E-state index is -3.00. The molecule has 20 heavy (non-hydrogen) atoms. The molecule has 0 aliphatic carbocycles. The summed E-state index contributed by atoms with van der Waals surface area (Å²) in [6, 6.07) is 9.14. The fourth-order valence-corrected chi connectivity index (χ4v) is 2.94. The van der Waals surface area contributed by atoms with E-state index in [-0.39, 0.29) is 23.7 Å². The molecule has 0 radical (unpaired) electrons. The number of Topliss-reactive ketones (excluding diaryl/α,β-unsaturated/α-hetero) is 1. The van der Waals surface area contributed by atoms with Crippen molar-refractivity contribution >= 4 is 26.5 Å². The van der Waals surface area contributed by atoms with Crippen molar-refractivity contribution in [2.75, 3.05) is 11.5 Å². The zero-order valence-corrected chi connectivity index (χ0v) is 12.2. The lowest BCUT2D eigenvalue weighted by atomic mass is 10.0. The average Bonchev–Trinajstić information content (AvgIpc) is 2.46. The van der Waals surface area contributed by atoms with Gasteiger partial charge in [0.25, 0.3) is 0 Å². The first-order chi connectivity index (χ1) is 9.53. The summed E-state index contributed by atoms with van der Waals surface area (Å²) in [7, 11) is -3.00. The summed E-state index contributed by atoms with van der Waals surface area (Å²) in [4.78, 5) is 16.4. The number of carbonyl (C=O) groups is 1. The molecule has 0 unspecified atom stereocenters. The zero-order chi connectivity index (χ0) is 14.6. The number of sulfone groups is 1. The monoisotopic (exact) mass is 291 g/mol. The lowest BCUT2D eigenvalue weighted by Gasteiger charge is -2.05. The topological polar surface area (TPSA) is 64.1 Å². The zero-order valence-electron chi connectivity index (χ0n) is 11.4. The summed E-state index contributed by atoms with van der Waals surface area (Å²) >= 11 is 0. The summed E-state index contributed by atoms with van der Waals surface area (Å²) in [5.74, 6) is 0.160. The molecule has 4 nitrogen and oxygen atoms in total. The van der Waals surface area contributed by atoms with Crippen molar-refractivity contribution in [2.24, 2.45) is 0 Å². The summed E-state index contributed by atoms with van der Waals surface area (Å²) in [5, 5.41) is 0.818. The first kappa shape index (κ1) is 14.7. The van der Waals surface area contributed by atoms with Gasteiger partial charge in [0.05, 0.1) is 11.3 Å². The van der Waals surface area contributed by atoms with Crippen LogP contribution >= 0.6 is 0 Å². The molecule has 0 bridgehead atoms. The number of para-hydroxylation sites is 1. The van der Waals surface area contributed by atoms with Gasteiger partial charge in [0.1, 0.15) is 9.84 Å². The Kier molecular flexibility index (Phi) is 4.49. The highest BCUT2D eigenvalue weighted by Gasteiger charge is 2.13. The number of hydrogen-bond acceptors (Lipinski definition) is 4. The molecule has 1 aromatic heterocycles. The molecular formula is C15H17NO3S. The van der Waals surface area contributed by atoms with Crippen LogP contribution in [-0.2, 0) is 9.84 Å². The van der Waals surface area contributed by atoms with Crippen LogP contribution in [0.5, 0.6) is 0 Å². The van der Waals surface area contributed by atoms with Crippen LogP contribution in [0.25, 0.3) is 10.9 Å². The van der Waals surface area contributed by atoms with Gasteiger partial charge in [-0.25, -0.2) is 8.42 Å². The third-order valence-electron chi connectivity index (χ3n) is 3.25. The molecule has 0 spiro atoms. The van der Waals surface area contributed by atoms with Crippen LogP contribution in [0.4, 0.5) is 0 Å². The maximum absolute atomic E-state index is 12.2. The van der Waals surface area contributed by atoms with Gasteiger partial charge in [0, 0.05) is 29.3 Å². The average molecular weight is 291 g/mol. The van der Waals surface area contributed by atoms with Crippen LogP contribution in [0.15, 0.2) is 36.5 Å². The van der Waals surface area contributed by atoms with E-state index >= 15 is 0 Å². The van der Waals surface area contributed by atoms with Gasteiger partial charge in [-0.1, -0.05) is 25.1 Å². The fourth-order valence-electron chi connectivity index (χ4n) is 2.07. The molecule has 0 amide bonds. The molecule has 0 fully saturated rings. The van der Waals surface area contributed by atoms with E-state index in [1.165, 1.54) is 0 Å². The minimum Gasteiger partial charge on any atom is -0.294 e. The SMILES string of the molecule is CCS(=O)(=O)CCCC(=O)c1ccnc2ccccc12. The van der Waals surface area contributed by atoms with Crippen molar-refractivity contribution < 1.29 is 13.2 Å². The Morgan fingerprint density at radius 2 is 1.95 bits per heavy atom. The van der Waals surface area contributed by atoms with E-state index in [1.807, 2.05) is 24.3 Å². The van der Waals surface area contributed by atoms with Crippen molar-refractivity contribution in [1.82, 2.24) is 4.98 Å². The Bertz CT molecular complexity index is 717. The number of fused-ring (bicyclic) bond motifs is 1. The van der Waals surface area contributed by atoms with Crippen LogP contribution in [0.1, 0.15) is 30.1 Å². The Labute approximate surface area is 118 Å². The number of ketones is 1. The number of benzene rings is 1. The second-order valence-electron chi connectivity index (χ2n) is 4.64. The van der Waals surface area contributed by atoms with Crippen LogP contribution < -0.4 is 0 Å². The first-order valence-corrected chi connectivity index (χ1v) is 8.43. The Balaban J connectivity index is 2.12. The molecule has 0 N–H and O–H groups in total. The molecule has 0 aliphatic heterocycles. The summed E-state index contributed by atoms with van der Waals surface area (Å²) in [6.45, 7) is 1.62. The molecule has 5 heteroatoms. The summed E-state index contributed by atoms with van der Waals surface area (Å²) < 4.78 is 22.8. The predicted octanol–water partition coefficient (Wildman–Crippen LogP) is 2.63. The lowest BCUT2D eigenvalue weighted by Crippen LogP contribution is -2.10. The Morgan fingerprint density at radius 3 is 2.70 bits per heavy atom. The number of pyridine rings is 1. The standard InChI is InChI=1S/C15H17NO3S/c1-2-20(18,19)11-5-8-15(17)13-9-10-16-14-7-4-3-6-12(13)14/h3-4,6-7,9-10H,2,5,8,11H2,1H3. The largest absolute Gasteiger partial charge is 0.294 e. The second-order valence-corrected chi connectivity index (χ2v) is 7.11. The van der Waals surface area contributed by atoms with E-state index < -0.39 is 9.84 Å². The Hall–Kier alpha value is -1.75. The number of carbonyl (C=O) groups excluding carboxylic acids is 1. The van der Waals surface area contributed by atoms with E-state index in [9.17, 15) is 13.2 Å². The van der Waals surface area contributed by atoms with Crippen molar-refractivity contribution in [2.45, 2.75) is 19.8 Å². The van der Waals surface area contributed by atoms with Gasteiger partial charge in [-0.15, -0.1) is 0 Å². The number of nitrogens with zero attached hydrogens (tertiary/aromatic N) is 1. The molecule has 2 rings (SSSR count). The number of aromatic nitrogens is 1. The van der Waals surface area contributed by atoms with Crippen LogP contribution in [0.2, 0.25) is 0 Å². The third-order valence-corrected chi connectivity index (χ3v) is 5.04. The van der Waals surface area contributed by atoms with E-state index in [4.69, 9.17) is 0 Å². The molecule has 0 saturated heterocycles. The van der Waals surface area contributed by atoms with Gasteiger partial charge in [0.2, 0.25) is 0 Å². The highest BCUT2D eigenvalue weighted by Crippen LogP contribution is 2.18.